The molecule has 2 aromatic rings. The molecule has 0 aliphatic carbocycles. The number of hydrogen-bond acceptors (Lipinski definition) is 4. The summed E-state index contributed by atoms with van der Waals surface area (Å²) in [6.45, 7) is 1.65. The van der Waals surface area contributed by atoms with Crippen LogP contribution < -0.4 is 5.32 Å². The maximum Gasteiger partial charge on any atom is 0.289 e. The van der Waals surface area contributed by atoms with Crippen molar-refractivity contribution < 1.29 is 18.8 Å². The smallest absolute Gasteiger partial charge is 0.289 e. The van der Waals surface area contributed by atoms with Crippen molar-refractivity contribution in [1.29, 1.82) is 0 Å². The molecule has 1 heterocycles. The predicted octanol–water partition coefficient (Wildman–Crippen LogP) is 3.15. The van der Waals surface area contributed by atoms with Gasteiger partial charge in [0.15, 0.2) is 5.76 Å². The first-order valence-electron chi connectivity index (χ1n) is 8.14. The molecule has 0 aliphatic rings. The highest BCUT2D eigenvalue weighted by Gasteiger charge is 2.22. The molecule has 0 aliphatic heterocycles. The lowest BCUT2D eigenvalue weighted by Gasteiger charge is -2.23. The van der Waals surface area contributed by atoms with Gasteiger partial charge in [-0.15, -0.1) is 0 Å². The number of para-hydroxylation sites is 1. The van der Waals surface area contributed by atoms with Crippen LogP contribution in [0.3, 0.4) is 0 Å². The number of hydrogen-bond donors (Lipinski definition) is 1. The summed E-state index contributed by atoms with van der Waals surface area (Å²) >= 11 is 12.1. The first-order chi connectivity index (χ1) is 12.8. The number of amides is 3. The van der Waals surface area contributed by atoms with Crippen molar-refractivity contribution in [3.05, 3.63) is 52.4 Å². The minimum Gasteiger partial charge on any atom is -0.459 e. The lowest BCUT2D eigenvalue weighted by molar-refractivity contribution is -0.134. The third kappa shape index (κ3) is 5.48. The second kappa shape index (κ2) is 9.43. The van der Waals surface area contributed by atoms with Crippen LogP contribution in [0, 0.1) is 0 Å². The second-order valence-corrected chi connectivity index (χ2v) is 6.51. The van der Waals surface area contributed by atoms with Gasteiger partial charge in [-0.2, -0.15) is 0 Å². The Bertz CT molecular complexity index is 804. The van der Waals surface area contributed by atoms with Gasteiger partial charge in [0, 0.05) is 13.6 Å². The molecule has 0 unspecified atom stereocenters. The molecule has 1 N–H and O–H groups in total. The molecule has 2 rings (SSSR count). The summed E-state index contributed by atoms with van der Waals surface area (Å²) in [5.41, 5.74) is 0.291. The fourth-order valence-electron chi connectivity index (χ4n) is 2.31. The van der Waals surface area contributed by atoms with E-state index in [1.54, 1.807) is 31.2 Å². The number of nitrogens with zero attached hydrogens (tertiary/aromatic N) is 2. The van der Waals surface area contributed by atoms with Crippen molar-refractivity contribution in [3.8, 4) is 0 Å². The number of carbonyl (C=O) groups excluding carboxylic acids is 3. The van der Waals surface area contributed by atoms with E-state index in [-0.39, 0.29) is 24.8 Å². The van der Waals surface area contributed by atoms with Crippen molar-refractivity contribution in [2.45, 2.75) is 6.92 Å². The van der Waals surface area contributed by atoms with Gasteiger partial charge >= 0.3 is 0 Å². The van der Waals surface area contributed by atoms with Gasteiger partial charge in [-0.1, -0.05) is 29.3 Å². The van der Waals surface area contributed by atoms with Gasteiger partial charge in [0.05, 0.1) is 35.1 Å². The summed E-state index contributed by atoms with van der Waals surface area (Å²) in [5, 5.41) is 3.20. The summed E-state index contributed by atoms with van der Waals surface area (Å²) in [6, 6.07) is 7.96. The lowest BCUT2D eigenvalue weighted by Crippen LogP contribution is -2.44. The van der Waals surface area contributed by atoms with Gasteiger partial charge in [0.25, 0.3) is 5.91 Å². The van der Waals surface area contributed by atoms with Gasteiger partial charge in [0.1, 0.15) is 0 Å². The highest BCUT2D eigenvalue weighted by atomic mass is 35.5. The van der Waals surface area contributed by atoms with Crippen LogP contribution in [0.4, 0.5) is 5.69 Å². The van der Waals surface area contributed by atoms with Crippen molar-refractivity contribution in [2.75, 3.05) is 32.0 Å². The van der Waals surface area contributed by atoms with E-state index in [2.05, 4.69) is 5.32 Å². The molecule has 144 valence electrons. The average molecular weight is 412 g/mol. The van der Waals surface area contributed by atoms with E-state index in [9.17, 15) is 14.4 Å². The van der Waals surface area contributed by atoms with Gasteiger partial charge in [-0.25, -0.2) is 0 Å². The first kappa shape index (κ1) is 20.8. The van der Waals surface area contributed by atoms with Crippen LogP contribution in [-0.2, 0) is 9.59 Å². The fourth-order valence-corrected chi connectivity index (χ4v) is 2.80. The number of likely N-dealkylation sites (N-methyl/N-ethyl adjacent to an activating group) is 2. The zero-order chi connectivity index (χ0) is 20.0. The summed E-state index contributed by atoms with van der Waals surface area (Å²) < 4.78 is 5.03. The molecule has 7 nitrogen and oxygen atoms in total. The number of nitrogens with one attached hydrogen (secondary N) is 1. The predicted molar refractivity (Wildman–Crippen MR) is 103 cm³/mol. The van der Waals surface area contributed by atoms with E-state index >= 15 is 0 Å². The van der Waals surface area contributed by atoms with Crippen LogP contribution in [0.15, 0.2) is 41.0 Å². The standard InChI is InChI=1S/C18H19Cl2N3O4/c1-3-23(10-15(24)21-17-12(19)6-4-7-13(17)20)16(25)11-22(2)18(26)14-8-5-9-27-14/h4-9H,3,10-11H2,1-2H3,(H,21,24). The molecule has 0 saturated carbocycles. The third-order valence-electron chi connectivity index (χ3n) is 3.75. The third-order valence-corrected chi connectivity index (χ3v) is 4.38. The normalized spacial score (nSPS) is 10.4. The summed E-state index contributed by atoms with van der Waals surface area (Å²) in [6.07, 6.45) is 1.38. The van der Waals surface area contributed by atoms with E-state index in [4.69, 9.17) is 27.6 Å². The topological polar surface area (TPSA) is 82.9 Å². The van der Waals surface area contributed by atoms with E-state index < -0.39 is 11.8 Å². The van der Waals surface area contributed by atoms with Crippen LogP contribution >= 0.6 is 23.2 Å². The maximum absolute atomic E-state index is 12.4. The number of carbonyl (C=O) groups is 3. The molecule has 1 aromatic carbocycles. The van der Waals surface area contributed by atoms with Crippen LogP contribution in [0.2, 0.25) is 10.0 Å². The van der Waals surface area contributed by atoms with Crippen LogP contribution in [0.25, 0.3) is 0 Å². The number of anilines is 1. The van der Waals surface area contributed by atoms with Gasteiger partial charge < -0.3 is 19.5 Å². The molecule has 27 heavy (non-hydrogen) atoms. The highest BCUT2D eigenvalue weighted by Crippen LogP contribution is 2.29. The van der Waals surface area contributed by atoms with E-state index in [1.165, 1.54) is 29.2 Å². The maximum atomic E-state index is 12.4. The average Bonchev–Trinajstić information content (AvgIpc) is 3.16. The molecule has 3 amide bonds. The Hall–Kier alpha value is -2.51. The Balaban J connectivity index is 1.96. The number of benzene rings is 1. The highest BCUT2D eigenvalue weighted by molar-refractivity contribution is 6.39. The van der Waals surface area contributed by atoms with Crippen LogP contribution in [-0.4, -0.2) is 54.2 Å². The van der Waals surface area contributed by atoms with Crippen molar-refractivity contribution in [2.24, 2.45) is 0 Å². The summed E-state index contributed by atoms with van der Waals surface area (Å²) in [5.74, 6) is -1.10. The zero-order valence-corrected chi connectivity index (χ0v) is 16.4. The Morgan fingerprint density at radius 3 is 2.30 bits per heavy atom. The Morgan fingerprint density at radius 1 is 1.07 bits per heavy atom. The van der Waals surface area contributed by atoms with Crippen molar-refractivity contribution >= 4 is 46.6 Å². The number of rotatable bonds is 7. The molecule has 0 radical (unpaired) electrons. The number of halogens is 2. The van der Waals surface area contributed by atoms with Gasteiger partial charge in [-0.05, 0) is 31.2 Å². The van der Waals surface area contributed by atoms with Crippen molar-refractivity contribution in [3.63, 3.8) is 0 Å². The van der Waals surface area contributed by atoms with E-state index in [0.717, 1.165) is 0 Å². The van der Waals surface area contributed by atoms with Gasteiger partial charge in [-0.3, -0.25) is 14.4 Å². The molecule has 0 atom stereocenters. The summed E-state index contributed by atoms with van der Waals surface area (Å²) in [7, 11) is 1.49. The number of furan rings is 1. The molecule has 9 heteroatoms. The minimum absolute atomic E-state index is 0.138. The second-order valence-electron chi connectivity index (χ2n) is 5.69. The molecule has 0 bridgehead atoms. The van der Waals surface area contributed by atoms with Crippen molar-refractivity contribution in [1.82, 2.24) is 9.80 Å². The SMILES string of the molecule is CCN(CC(=O)Nc1c(Cl)cccc1Cl)C(=O)CN(C)C(=O)c1ccco1. The fraction of sp³-hybridized carbons (Fsp3) is 0.278. The molecule has 1 aromatic heterocycles. The van der Waals surface area contributed by atoms with Crippen LogP contribution in [0.1, 0.15) is 17.5 Å². The Morgan fingerprint density at radius 2 is 1.74 bits per heavy atom. The molecule has 0 fully saturated rings. The molecular weight excluding hydrogens is 393 g/mol. The zero-order valence-electron chi connectivity index (χ0n) is 14.9. The Kier molecular flexibility index (Phi) is 7.27. The molecule has 0 saturated heterocycles. The minimum atomic E-state index is -0.444. The first-order valence-corrected chi connectivity index (χ1v) is 8.89. The lowest BCUT2D eigenvalue weighted by atomic mass is 10.3. The Labute approximate surface area is 166 Å². The van der Waals surface area contributed by atoms with E-state index in [0.29, 0.717) is 22.3 Å². The molecular formula is C18H19Cl2N3O4. The monoisotopic (exact) mass is 411 g/mol. The largest absolute Gasteiger partial charge is 0.459 e. The molecule has 0 spiro atoms. The summed E-state index contributed by atoms with van der Waals surface area (Å²) in [4.78, 5) is 39.4. The van der Waals surface area contributed by atoms with Gasteiger partial charge in [0.2, 0.25) is 11.8 Å². The quantitative estimate of drug-likeness (QED) is 0.758. The van der Waals surface area contributed by atoms with Crippen LogP contribution in [0.5, 0.6) is 0 Å². The van der Waals surface area contributed by atoms with E-state index in [1.807, 2.05) is 0 Å².